The van der Waals surface area contributed by atoms with Crippen LogP contribution in [-0.4, -0.2) is 31.1 Å². The van der Waals surface area contributed by atoms with Crippen LogP contribution in [0.5, 0.6) is 0 Å². The number of nitrogens with two attached hydrogens (primary N) is 3. The predicted molar refractivity (Wildman–Crippen MR) is 145 cm³/mol. The van der Waals surface area contributed by atoms with Gasteiger partial charge in [-0.2, -0.15) is 0 Å². The second-order valence-electron chi connectivity index (χ2n) is 9.84. The summed E-state index contributed by atoms with van der Waals surface area (Å²) < 4.78 is 0. The molecule has 0 aromatic rings. The summed E-state index contributed by atoms with van der Waals surface area (Å²) in [7, 11) is 0. The van der Waals surface area contributed by atoms with Crippen LogP contribution < -0.4 is 22.5 Å². The topological polar surface area (TPSA) is 107 Å². The van der Waals surface area contributed by atoms with Crippen LogP contribution in [-0.2, 0) is 4.79 Å². The summed E-state index contributed by atoms with van der Waals surface area (Å²) >= 11 is 0. The number of rotatable bonds is 25. The average Bonchev–Trinajstić information content (AvgIpc) is 2.82. The van der Waals surface area contributed by atoms with Crippen LogP contribution in [0.25, 0.3) is 0 Å². The molecule has 0 radical (unpaired) electrons. The lowest BCUT2D eigenvalue weighted by Crippen LogP contribution is -2.49. The Hall–Kier alpha value is -0.910. The van der Waals surface area contributed by atoms with Gasteiger partial charge in [0.1, 0.15) is 0 Å². The Labute approximate surface area is 206 Å². The van der Waals surface area contributed by atoms with Crippen molar-refractivity contribution < 1.29 is 4.79 Å². The molecule has 0 fully saturated rings. The van der Waals surface area contributed by atoms with Gasteiger partial charge in [-0.1, -0.05) is 70.4 Å². The molecule has 0 aliphatic carbocycles. The van der Waals surface area contributed by atoms with Crippen molar-refractivity contribution in [3.63, 3.8) is 0 Å². The van der Waals surface area contributed by atoms with Gasteiger partial charge in [-0.25, -0.2) is 0 Å². The fourth-order valence-electron chi connectivity index (χ4n) is 4.60. The summed E-state index contributed by atoms with van der Waals surface area (Å²) in [6, 6.07) is 0. The van der Waals surface area contributed by atoms with Gasteiger partial charge in [0.15, 0.2) is 0 Å². The van der Waals surface area contributed by atoms with Gasteiger partial charge in [-0.15, -0.1) is 0 Å². The normalized spacial score (nSPS) is 12.0. The zero-order valence-corrected chi connectivity index (χ0v) is 22.1. The molecule has 33 heavy (non-hydrogen) atoms. The zero-order chi connectivity index (χ0) is 24.5. The second-order valence-corrected chi connectivity index (χ2v) is 9.84. The number of allylic oxidation sites excluding steroid dienone is 2. The van der Waals surface area contributed by atoms with Crippen molar-refractivity contribution in [1.82, 2.24) is 5.32 Å². The molecule has 0 bridgehead atoms. The van der Waals surface area contributed by atoms with Crippen LogP contribution >= 0.6 is 0 Å². The third kappa shape index (κ3) is 20.2. The summed E-state index contributed by atoms with van der Waals surface area (Å²) in [6.45, 7) is 4.22. The maximum Gasteiger partial charge on any atom is 0.220 e. The summed E-state index contributed by atoms with van der Waals surface area (Å²) in [5.41, 5.74) is 17.1. The highest BCUT2D eigenvalue weighted by atomic mass is 16.1. The van der Waals surface area contributed by atoms with Crippen molar-refractivity contribution >= 4 is 5.91 Å². The number of unbranched alkanes of at least 4 members (excludes halogenated alkanes) is 11. The highest BCUT2D eigenvalue weighted by Gasteiger charge is 2.29. The minimum Gasteiger partial charge on any atom is -0.351 e. The van der Waals surface area contributed by atoms with Crippen LogP contribution in [0.2, 0.25) is 0 Å². The van der Waals surface area contributed by atoms with E-state index in [4.69, 9.17) is 17.2 Å². The maximum atomic E-state index is 12.7. The van der Waals surface area contributed by atoms with Gasteiger partial charge in [0.25, 0.3) is 0 Å². The Bertz CT molecular complexity index is 431. The molecule has 0 saturated heterocycles. The molecule has 0 heterocycles. The number of nitrogens with one attached hydrogen (secondary N) is 1. The number of hydrogen-bond acceptors (Lipinski definition) is 4. The second kappa shape index (κ2) is 24.2. The Morgan fingerprint density at radius 3 is 1.52 bits per heavy atom. The average molecular weight is 467 g/mol. The first-order valence-corrected chi connectivity index (χ1v) is 14.2. The van der Waals surface area contributed by atoms with E-state index in [1.54, 1.807) is 0 Å². The molecule has 0 unspecified atom stereocenters. The molecule has 0 aliphatic rings. The molecule has 0 spiro atoms. The quantitative estimate of drug-likeness (QED) is 0.0963. The highest BCUT2D eigenvalue weighted by Crippen LogP contribution is 2.25. The minimum absolute atomic E-state index is 0.177. The van der Waals surface area contributed by atoms with Gasteiger partial charge in [0, 0.05) is 12.0 Å². The van der Waals surface area contributed by atoms with Gasteiger partial charge < -0.3 is 22.5 Å². The molecular formula is C28H58N4O. The fourth-order valence-corrected chi connectivity index (χ4v) is 4.60. The lowest BCUT2D eigenvalue weighted by molar-refractivity contribution is -0.123. The van der Waals surface area contributed by atoms with E-state index in [2.05, 4.69) is 24.4 Å². The monoisotopic (exact) mass is 466 g/mol. The van der Waals surface area contributed by atoms with Gasteiger partial charge in [-0.3, -0.25) is 4.79 Å². The van der Waals surface area contributed by atoms with E-state index in [1.807, 2.05) is 0 Å². The fraction of sp³-hybridized carbons (Fsp3) is 0.893. The van der Waals surface area contributed by atoms with Crippen LogP contribution in [0.3, 0.4) is 0 Å². The third-order valence-corrected chi connectivity index (χ3v) is 6.65. The van der Waals surface area contributed by atoms with Crippen LogP contribution in [0.15, 0.2) is 12.2 Å². The number of carbonyl (C=O) groups excluding carboxylic acids is 1. The van der Waals surface area contributed by atoms with E-state index in [-0.39, 0.29) is 11.4 Å². The number of hydrogen-bond donors (Lipinski definition) is 4. The zero-order valence-electron chi connectivity index (χ0n) is 22.1. The van der Waals surface area contributed by atoms with Gasteiger partial charge in [0.05, 0.1) is 0 Å². The largest absolute Gasteiger partial charge is 0.351 e. The molecule has 196 valence electrons. The molecule has 5 nitrogen and oxygen atoms in total. The molecule has 0 aliphatic heterocycles. The standard InChI is InChI=1S/C28H58N4O/c1-2-3-4-5-6-7-8-9-10-11-12-13-14-15-16-20-27(33)32-28(21-17-24-29,22-18-25-30)23-19-26-31/h10-11H,2-9,12-26,29-31H2,1H3,(H,32,33)/b11-10-. The van der Waals surface area contributed by atoms with Crippen LogP contribution in [0, 0.1) is 0 Å². The van der Waals surface area contributed by atoms with E-state index < -0.39 is 0 Å². The van der Waals surface area contributed by atoms with E-state index in [0.717, 1.165) is 51.4 Å². The van der Waals surface area contributed by atoms with E-state index in [9.17, 15) is 4.79 Å². The van der Waals surface area contributed by atoms with Crippen molar-refractivity contribution in [1.29, 1.82) is 0 Å². The highest BCUT2D eigenvalue weighted by molar-refractivity contribution is 5.76. The van der Waals surface area contributed by atoms with Crippen LogP contribution in [0.4, 0.5) is 0 Å². The molecule has 0 rings (SSSR count). The smallest absolute Gasteiger partial charge is 0.220 e. The van der Waals surface area contributed by atoms with Crippen molar-refractivity contribution in [2.24, 2.45) is 17.2 Å². The lowest BCUT2D eigenvalue weighted by Gasteiger charge is -2.35. The number of amides is 1. The summed E-state index contributed by atoms with van der Waals surface area (Å²) in [6.07, 6.45) is 27.4. The van der Waals surface area contributed by atoms with Crippen molar-refractivity contribution in [3.8, 4) is 0 Å². The maximum absolute atomic E-state index is 12.7. The van der Waals surface area contributed by atoms with Crippen molar-refractivity contribution in [2.45, 2.75) is 141 Å². The first-order valence-electron chi connectivity index (χ1n) is 14.2. The van der Waals surface area contributed by atoms with Gasteiger partial charge in [-0.05, 0) is 90.3 Å². The number of carbonyl (C=O) groups is 1. The molecule has 7 N–H and O–H groups in total. The van der Waals surface area contributed by atoms with Gasteiger partial charge >= 0.3 is 0 Å². The van der Waals surface area contributed by atoms with Gasteiger partial charge in [0.2, 0.25) is 5.91 Å². The molecule has 0 atom stereocenters. The Balaban J connectivity index is 3.95. The predicted octanol–water partition coefficient (Wildman–Crippen LogP) is 6.10. The Kier molecular flexibility index (Phi) is 23.6. The molecule has 0 aromatic carbocycles. The van der Waals surface area contributed by atoms with E-state index in [0.29, 0.717) is 26.1 Å². The van der Waals surface area contributed by atoms with Crippen molar-refractivity contribution in [3.05, 3.63) is 12.2 Å². The molecular weight excluding hydrogens is 408 g/mol. The van der Waals surface area contributed by atoms with Crippen molar-refractivity contribution in [2.75, 3.05) is 19.6 Å². The first kappa shape index (κ1) is 32.1. The molecule has 0 saturated carbocycles. The summed E-state index contributed by atoms with van der Waals surface area (Å²) in [4.78, 5) is 12.7. The van der Waals surface area contributed by atoms with Crippen LogP contribution in [0.1, 0.15) is 135 Å². The lowest BCUT2D eigenvalue weighted by atomic mass is 9.83. The Morgan fingerprint density at radius 1 is 0.636 bits per heavy atom. The molecule has 0 aromatic heterocycles. The van der Waals surface area contributed by atoms with E-state index in [1.165, 1.54) is 70.6 Å². The SMILES string of the molecule is CCCCCCCCC/C=C\CCCCCCC(=O)NC(CCCN)(CCCN)CCCN. The first-order chi connectivity index (χ1) is 16.1. The molecule has 5 heteroatoms. The molecule has 1 amide bonds. The minimum atomic E-state index is -0.185. The van der Waals surface area contributed by atoms with E-state index >= 15 is 0 Å². The third-order valence-electron chi connectivity index (χ3n) is 6.65. The Morgan fingerprint density at radius 2 is 1.06 bits per heavy atom. The summed E-state index contributed by atoms with van der Waals surface area (Å²) in [5, 5.41) is 3.37. The summed E-state index contributed by atoms with van der Waals surface area (Å²) in [5.74, 6) is 0.177.